The minimum absolute atomic E-state index is 0.0909. The first-order valence-corrected chi connectivity index (χ1v) is 9.06. The van der Waals surface area contributed by atoms with Gasteiger partial charge in [-0.3, -0.25) is 0 Å². The largest absolute Gasteiger partial charge is 0.494 e. The topological polar surface area (TPSA) is 50.8 Å². The minimum atomic E-state index is -0.392. The Balaban J connectivity index is 1.91. The number of hydrogen-bond donors (Lipinski definition) is 1. The maximum atomic E-state index is 14.0. The van der Waals surface area contributed by atoms with E-state index < -0.39 is 5.82 Å². The molecule has 1 N–H and O–H groups in total. The Hall–Kier alpha value is -1.82. The highest BCUT2D eigenvalue weighted by Crippen LogP contribution is 2.19. The fraction of sp³-hybridized carbons (Fsp3) is 0.632. The van der Waals surface area contributed by atoms with Gasteiger partial charge in [0.1, 0.15) is 18.2 Å². The van der Waals surface area contributed by atoms with Crippen LogP contribution >= 0.6 is 0 Å². The molecule has 0 radical (unpaired) electrons. The molecule has 1 aromatic rings. The third-order valence-corrected chi connectivity index (χ3v) is 4.39. The highest BCUT2D eigenvalue weighted by molar-refractivity contribution is 5.68. The summed E-state index contributed by atoms with van der Waals surface area (Å²) in [5.41, 5.74) is 0.332. The molecule has 2 rings (SSSR count). The van der Waals surface area contributed by atoms with E-state index in [1.165, 1.54) is 6.07 Å². The molecule has 1 amide bonds. The van der Waals surface area contributed by atoms with Crippen molar-refractivity contribution in [3.63, 3.8) is 0 Å². The molecule has 1 atom stereocenters. The highest BCUT2D eigenvalue weighted by Gasteiger charge is 2.26. The van der Waals surface area contributed by atoms with Crippen LogP contribution in [0.3, 0.4) is 0 Å². The average molecular weight is 352 g/mol. The average Bonchev–Trinajstić information content (AvgIpc) is 2.61. The van der Waals surface area contributed by atoms with Crippen molar-refractivity contribution in [3.8, 4) is 5.75 Å². The summed E-state index contributed by atoms with van der Waals surface area (Å²) in [7, 11) is 0. The molecule has 1 aromatic carbocycles. The Morgan fingerprint density at radius 2 is 2.24 bits per heavy atom. The number of ether oxygens (including phenoxy) is 2. The molecular formula is C19H29FN2O3. The van der Waals surface area contributed by atoms with Crippen LogP contribution in [0.1, 0.15) is 39.2 Å². The fourth-order valence-electron chi connectivity index (χ4n) is 2.75. The van der Waals surface area contributed by atoms with E-state index >= 15 is 0 Å². The predicted molar refractivity (Wildman–Crippen MR) is 95.2 cm³/mol. The van der Waals surface area contributed by atoms with Crippen LogP contribution < -0.4 is 10.1 Å². The molecule has 6 heteroatoms. The normalized spacial score (nSPS) is 17.6. The van der Waals surface area contributed by atoms with Crippen LogP contribution in [-0.4, -0.2) is 43.3 Å². The van der Waals surface area contributed by atoms with Crippen molar-refractivity contribution in [3.05, 3.63) is 29.6 Å². The van der Waals surface area contributed by atoms with Gasteiger partial charge in [-0.2, -0.15) is 0 Å². The Bertz CT molecular complexity index is 566. The third kappa shape index (κ3) is 5.88. The number of rotatable bonds is 7. The van der Waals surface area contributed by atoms with Crippen molar-refractivity contribution < 1.29 is 18.7 Å². The zero-order valence-electron chi connectivity index (χ0n) is 15.4. The van der Waals surface area contributed by atoms with Gasteiger partial charge in [0, 0.05) is 31.2 Å². The highest BCUT2D eigenvalue weighted by atomic mass is 19.1. The summed E-state index contributed by atoms with van der Waals surface area (Å²) in [4.78, 5) is 14.0. The van der Waals surface area contributed by atoms with E-state index in [1.807, 2.05) is 6.92 Å². The van der Waals surface area contributed by atoms with Gasteiger partial charge < -0.3 is 19.7 Å². The molecule has 140 valence electrons. The SMILES string of the molecule is CCC1CNCCN1C(=O)OCc1cc(OCCC(C)C)ccc1F. The molecule has 1 aliphatic rings. The molecule has 0 saturated carbocycles. The number of benzene rings is 1. The number of nitrogens with zero attached hydrogens (tertiary/aromatic N) is 1. The van der Waals surface area contributed by atoms with Crippen molar-refractivity contribution in [2.24, 2.45) is 5.92 Å². The Morgan fingerprint density at radius 3 is 2.96 bits per heavy atom. The summed E-state index contributed by atoms with van der Waals surface area (Å²) in [6.07, 6.45) is 1.40. The second-order valence-corrected chi connectivity index (χ2v) is 6.80. The second-order valence-electron chi connectivity index (χ2n) is 6.80. The Morgan fingerprint density at radius 1 is 1.44 bits per heavy atom. The number of carbonyl (C=O) groups is 1. The zero-order chi connectivity index (χ0) is 18.2. The summed E-state index contributed by atoms with van der Waals surface area (Å²) in [6, 6.07) is 4.69. The lowest BCUT2D eigenvalue weighted by molar-refractivity contribution is 0.0706. The molecule has 0 aliphatic carbocycles. The molecule has 0 bridgehead atoms. The van der Waals surface area contributed by atoms with Crippen LogP contribution in [0.5, 0.6) is 5.75 Å². The number of hydrogen-bond acceptors (Lipinski definition) is 4. The number of piperazine rings is 1. The Kier molecular flexibility index (Phi) is 7.50. The lowest BCUT2D eigenvalue weighted by Gasteiger charge is -2.34. The number of nitrogens with one attached hydrogen (secondary N) is 1. The first kappa shape index (κ1) is 19.5. The van der Waals surface area contributed by atoms with E-state index in [0.717, 1.165) is 25.9 Å². The van der Waals surface area contributed by atoms with E-state index in [4.69, 9.17) is 9.47 Å². The minimum Gasteiger partial charge on any atom is -0.494 e. The van der Waals surface area contributed by atoms with E-state index in [0.29, 0.717) is 30.4 Å². The van der Waals surface area contributed by atoms with Crippen molar-refractivity contribution in [2.75, 3.05) is 26.2 Å². The fourth-order valence-corrected chi connectivity index (χ4v) is 2.75. The summed E-state index contributed by atoms with van der Waals surface area (Å²) >= 11 is 0. The lowest BCUT2D eigenvalue weighted by Crippen LogP contribution is -2.53. The summed E-state index contributed by atoms with van der Waals surface area (Å²) in [6.45, 7) is 8.90. The molecule has 0 spiro atoms. The maximum absolute atomic E-state index is 14.0. The molecule has 1 aliphatic heterocycles. The number of amides is 1. The standard InChI is InChI=1S/C19H29FN2O3/c1-4-16-12-21-8-9-22(16)19(23)25-13-15-11-17(5-6-18(15)20)24-10-7-14(2)3/h5-6,11,14,16,21H,4,7-10,12-13H2,1-3H3. The molecule has 5 nitrogen and oxygen atoms in total. The van der Waals surface area contributed by atoms with Gasteiger partial charge >= 0.3 is 6.09 Å². The van der Waals surface area contributed by atoms with Gasteiger partial charge in [0.25, 0.3) is 0 Å². The summed E-state index contributed by atoms with van der Waals surface area (Å²) in [5, 5.41) is 3.26. The smallest absolute Gasteiger partial charge is 0.410 e. The molecule has 1 heterocycles. The first-order chi connectivity index (χ1) is 12.0. The zero-order valence-corrected chi connectivity index (χ0v) is 15.4. The van der Waals surface area contributed by atoms with E-state index in [9.17, 15) is 9.18 Å². The van der Waals surface area contributed by atoms with Crippen LogP contribution in [0.15, 0.2) is 18.2 Å². The lowest BCUT2D eigenvalue weighted by atomic mass is 10.1. The summed E-state index contributed by atoms with van der Waals surface area (Å²) in [5.74, 6) is 0.754. The van der Waals surface area contributed by atoms with Crippen molar-refractivity contribution in [1.82, 2.24) is 10.2 Å². The van der Waals surface area contributed by atoms with Crippen LogP contribution in [0, 0.1) is 11.7 Å². The van der Waals surface area contributed by atoms with E-state index in [1.54, 1.807) is 17.0 Å². The predicted octanol–water partition coefficient (Wildman–Crippen LogP) is 3.57. The molecule has 0 aromatic heterocycles. The molecule has 1 unspecified atom stereocenters. The molecular weight excluding hydrogens is 323 g/mol. The van der Waals surface area contributed by atoms with Crippen molar-refractivity contribution in [1.29, 1.82) is 0 Å². The van der Waals surface area contributed by atoms with Gasteiger partial charge in [0.05, 0.1) is 6.61 Å². The first-order valence-electron chi connectivity index (χ1n) is 9.06. The van der Waals surface area contributed by atoms with E-state index in [2.05, 4.69) is 19.2 Å². The van der Waals surface area contributed by atoms with Crippen molar-refractivity contribution >= 4 is 6.09 Å². The quantitative estimate of drug-likeness (QED) is 0.815. The van der Waals surface area contributed by atoms with Crippen LogP contribution in [0.4, 0.5) is 9.18 Å². The second kappa shape index (κ2) is 9.61. The van der Waals surface area contributed by atoms with Gasteiger partial charge in [-0.25, -0.2) is 9.18 Å². The Labute approximate surface area is 149 Å². The van der Waals surface area contributed by atoms with Crippen molar-refractivity contribution in [2.45, 2.75) is 46.3 Å². The van der Waals surface area contributed by atoms with Gasteiger partial charge in [0.2, 0.25) is 0 Å². The van der Waals surface area contributed by atoms with Crippen LogP contribution in [0.2, 0.25) is 0 Å². The third-order valence-electron chi connectivity index (χ3n) is 4.39. The van der Waals surface area contributed by atoms with Gasteiger partial charge in [-0.1, -0.05) is 20.8 Å². The van der Waals surface area contributed by atoms with Gasteiger partial charge in [-0.05, 0) is 37.0 Å². The number of carbonyl (C=O) groups excluding carboxylic acids is 1. The van der Waals surface area contributed by atoms with Crippen LogP contribution in [-0.2, 0) is 11.3 Å². The van der Waals surface area contributed by atoms with Crippen LogP contribution in [0.25, 0.3) is 0 Å². The summed E-state index contributed by atoms with van der Waals surface area (Å²) < 4.78 is 25.0. The van der Waals surface area contributed by atoms with E-state index in [-0.39, 0.29) is 18.7 Å². The number of halogens is 1. The van der Waals surface area contributed by atoms with Gasteiger partial charge in [-0.15, -0.1) is 0 Å². The maximum Gasteiger partial charge on any atom is 0.410 e. The molecule has 1 fully saturated rings. The molecule has 1 saturated heterocycles. The van der Waals surface area contributed by atoms with Gasteiger partial charge in [0.15, 0.2) is 0 Å². The monoisotopic (exact) mass is 352 g/mol. The molecule has 25 heavy (non-hydrogen) atoms.